The van der Waals surface area contributed by atoms with Gasteiger partial charge >= 0.3 is 0 Å². The number of amides is 1. The fourth-order valence-corrected chi connectivity index (χ4v) is 2.90. The van der Waals surface area contributed by atoms with E-state index in [9.17, 15) is 4.79 Å². The molecule has 0 spiro atoms. The summed E-state index contributed by atoms with van der Waals surface area (Å²) in [6, 6.07) is 20.5. The fourth-order valence-electron chi connectivity index (χ4n) is 2.90. The van der Waals surface area contributed by atoms with Crippen molar-refractivity contribution in [2.75, 3.05) is 25.2 Å². The van der Waals surface area contributed by atoms with Crippen LogP contribution in [0.2, 0.25) is 0 Å². The van der Waals surface area contributed by atoms with E-state index in [-0.39, 0.29) is 5.91 Å². The maximum absolute atomic E-state index is 13.2. The van der Waals surface area contributed by atoms with Crippen LogP contribution in [0.15, 0.2) is 72.9 Å². The lowest BCUT2D eigenvalue weighted by molar-refractivity contribution is 0.0987. The minimum atomic E-state index is -0.0669. The van der Waals surface area contributed by atoms with Crippen LogP contribution in [0.4, 0.5) is 5.69 Å². The van der Waals surface area contributed by atoms with Crippen molar-refractivity contribution in [2.45, 2.75) is 13.3 Å². The minimum absolute atomic E-state index is 0.0669. The molecule has 0 aliphatic carbocycles. The number of hydrogen-bond acceptors (Lipinski definition) is 4. The van der Waals surface area contributed by atoms with Gasteiger partial charge in [0.15, 0.2) is 0 Å². The van der Waals surface area contributed by atoms with Crippen molar-refractivity contribution in [3.05, 3.63) is 84.2 Å². The molecule has 0 atom stereocenters. The van der Waals surface area contributed by atoms with Gasteiger partial charge < -0.3 is 14.4 Å². The first kappa shape index (κ1) is 19.4. The molecule has 144 valence electrons. The lowest BCUT2D eigenvalue weighted by atomic mass is 10.1. The number of benzene rings is 2. The molecule has 0 N–H and O–H groups in total. The van der Waals surface area contributed by atoms with Gasteiger partial charge in [0.2, 0.25) is 0 Å². The van der Waals surface area contributed by atoms with Crippen LogP contribution in [0.25, 0.3) is 0 Å². The molecule has 0 fully saturated rings. The van der Waals surface area contributed by atoms with Gasteiger partial charge in [-0.05, 0) is 67.6 Å². The van der Waals surface area contributed by atoms with Crippen molar-refractivity contribution in [2.24, 2.45) is 0 Å². The Morgan fingerprint density at radius 3 is 2.29 bits per heavy atom. The maximum Gasteiger partial charge on any atom is 0.258 e. The van der Waals surface area contributed by atoms with Crippen LogP contribution in [0.1, 0.15) is 23.0 Å². The van der Waals surface area contributed by atoms with Gasteiger partial charge in [-0.3, -0.25) is 9.78 Å². The van der Waals surface area contributed by atoms with E-state index in [1.165, 1.54) is 0 Å². The average molecular weight is 376 g/mol. The van der Waals surface area contributed by atoms with E-state index in [0.717, 1.165) is 22.9 Å². The van der Waals surface area contributed by atoms with Crippen LogP contribution in [0.3, 0.4) is 0 Å². The number of carbonyl (C=O) groups excluding carboxylic acids is 1. The smallest absolute Gasteiger partial charge is 0.258 e. The molecule has 1 aromatic heterocycles. The third-order valence-electron chi connectivity index (χ3n) is 4.36. The van der Waals surface area contributed by atoms with Crippen molar-refractivity contribution in [1.29, 1.82) is 0 Å². The van der Waals surface area contributed by atoms with Crippen molar-refractivity contribution in [1.82, 2.24) is 4.98 Å². The van der Waals surface area contributed by atoms with E-state index in [2.05, 4.69) is 4.98 Å². The molecule has 0 radical (unpaired) electrons. The highest BCUT2D eigenvalue weighted by atomic mass is 16.5. The topological polar surface area (TPSA) is 51.7 Å². The third kappa shape index (κ3) is 4.88. The number of methoxy groups -OCH3 is 1. The highest BCUT2D eigenvalue weighted by molar-refractivity contribution is 6.06. The van der Waals surface area contributed by atoms with Crippen LogP contribution in [-0.4, -0.2) is 31.2 Å². The predicted octanol–water partition coefficient (Wildman–Crippen LogP) is 4.38. The normalized spacial score (nSPS) is 10.4. The van der Waals surface area contributed by atoms with E-state index in [0.29, 0.717) is 25.1 Å². The zero-order valence-electron chi connectivity index (χ0n) is 16.2. The highest BCUT2D eigenvalue weighted by Crippen LogP contribution is 2.23. The van der Waals surface area contributed by atoms with E-state index in [1.807, 2.05) is 49.4 Å². The summed E-state index contributed by atoms with van der Waals surface area (Å²) in [5, 5.41) is 0. The fraction of sp³-hybridized carbons (Fsp3) is 0.217. The second kappa shape index (κ2) is 9.55. The second-order valence-electron chi connectivity index (χ2n) is 6.18. The zero-order valence-corrected chi connectivity index (χ0v) is 16.2. The summed E-state index contributed by atoms with van der Waals surface area (Å²) in [7, 11) is 1.61. The van der Waals surface area contributed by atoms with E-state index in [1.54, 1.807) is 42.5 Å². The van der Waals surface area contributed by atoms with Crippen molar-refractivity contribution >= 4 is 11.6 Å². The van der Waals surface area contributed by atoms with Gasteiger partial charge in [-0.25, -0.2) is 0 Å². The number of anilines is 1. The molecule has 3 aromatic rings. The zero-order chi connectivity index (χ0) is 19.8. The Morgan fingerprint density at radius 2 is 1.68 bits per heavy atom. The van der Waals surface area contributed by atoms with Gasteiger partial charge in [0.25, 0.3) is 5.91 Å². The number of hydrogen-bond donors (Lipinski definition) is 0. The first-order valence-electron chi connectivity index (χ1n) is 9.30. The van der Waals surface area contributed by atoms with Gasteiger partial charge in [-0.1, -0.05) is 6.07 Å². The Morgan fingerprint density at radius 1 is 0.964 bits per heavy atom. The SMILES string of the molecule is CCOc1ccc(N(CCc2ccccn2)C(=O)c2ccc(OC)cc2)cc1. The quantitative estimate of drug-likeness (QED) is 0.585. The molecular formula is C23H24N2O3. The summed E-state index contributed by atoms with van der Waals surface area (Å²) in [4.78, 5) is 19.3. The largest absolute Gasteiger partial charge is 0.497 e. The molecule has 0 saturated heterocycles. The Bertz CT molecular complexity index is 878. The Balaban J connectivity index is 1.84. The number of nitrogens with zero attached hydrogens (tertiary/aromatic N) is 2. The molecule has 0 saturated carbocycles. The average Bonchev–Trinajstić information content (AvgIpc) is 2.76. The molecule has 28 heavy (non-hydrogen) atoms. The summed E-state index contributed by atoms with van der Waals surface area (Å²) in [6.07, 6.45) is 2.43. The minimum Gasteiger partial charge on any atom is -0.497 e. The monoisotopic (exact) mass is 376 g/mol. The molecule has 1 amide bonds. The number of rotatable bonds is 8. The van der Waals surface area contributed by atoms with Crippen LogP contribution >= 0.6 is 0 Å². The summed E-state index contributed by atoms with van der Waals surface area (Å²) in [5.74, 6) is 1.44. The van der Waals surface area contributed by atoms with Gasteiger partial charge in [-0.15, -0.1) is 0 Å². The van der Waals surface area contributed by atoms with E-state index < -0.39 is 0 Å². The molecular weight excluding hydrogens is 352 g/mol. The van der Waals surface area contributed by atoms with Crippen LogP contribution in [0, 0.1) is 0 Å². The van der Waals surface area contributed by atoms with Crippen molar-refractivity contribution in [3.63, 3.8) is 0 Å². The molecule has 0 unspecified atom stereocenters. The lowest BCUT2D eigenvalue weighted by Gasteiger charge is -2.23. The van der Waals surface area contributed by atoms with Gasteiger partial charge in [0.05, 0.1) is 13.7 Å². The summed E-state index contributed by atoms with van der Waals surface area (Å²) in [5.41, 5.74) is 2.37. The van der Waals surface area contributed by atoms with E-state index >= 15 is 0 Å². The standard InChI is InChI=1S/C23H24N2O3/c1-3-28-22-13-9-20(10-14-22)25(17-15-19-6-4-5-16-24-19)23(26)18-7-11-21(27-2)12-8-18/h4-14,16H,3,15,17H2,1-2H3. The number of aromatic nitrogens is 1. The van der Waals surface area contributed by atoms with Gasteiger partial charge in [-0.2, -0.15) is 0 Å². The molecule has 3 rings (SSSR count). The molecule has 0 bridgehead atoms. The maximum atomic E-state index is 13.2. The molecule has 2 aromatic carbocycles. The number of pyridine rings is 1. The first-order chi connectivity index (χ1) is 13.7. The lowest BCUT2D eigenvalue weighted by Crippen LogP contribution is -2.33. The Kier molecular flexibility index (Phi) is 6.63. The number of carbonyl (C=O) groups is 1. The van der Waals surface area contributed by atoms with Crippen LogP contribution in [-0.2, 0) is 6.42 Å². The summed E-state index contributed by atoms with van der Waals surface area (Å²) < 4.78 is 10.7. The Labute approximate surface area is 165 Å². The summed E-state index contributed by atoms with van der Waals surface area (Å²) in [6.45, 7) is 3.07. The molecule has 5 nitrogen and oxygen atoms in total. The highest BCUT2D eigenvalue weighted by Gasteiger charge is 2.18. The van der Waals surface area contributed by atoms with Crippen molar-refractivity contribution in [3.8, 4) is 11.5 Å². The predicted molar refractivity (Wildman–Crippen MR) is 110 cm³/mol. The first-order valence-corrected chi connectivity index (χ1v) is 9.30. The van der Waals surface area contributed by atoms with Crippen LogP contribution in [0.5, 0.6) is 11.5 Å². The third-order valence-corrected chi connectivity index (χ3v) is 4.36. The summed E-state index contributed by atoms with van der Waals surface area (Å²) >= 11 is 0. The second-order valence-corrected chi connectivity index (χ2v) is 6.18. The van der Waals surface area contributed by atoms with Crippen molar-refractivity contribution < 1.29 is 14.3 Å². The van der Waals surface area contributed by atoms with Gasteiger partial charge in [0.1, 0.15) is 11.5 Å². The van der Waals surface area contributed by atoms with E-state index in [4.69, 9.17) is 9.47 Å². The molecule has 0 aliphatic rings. The Hall–Kier alpha value is -3.34. The van der Waals surface area contributed by atoms with Gasteiger partial charge in [0, 0.05) is 36.1 Å². The number of ether oxygens (including phenoxy) is 2. The molecule has 1 heterocycles. The molecule has 5 heteroatoms. The molecule has 0 aliphatic heterocycles. The van der Waals surface area contributed by atoms with Crippen LogP contribution < -0.4 is 14.4 Å².